The number of hydrogen-bond acceptors (Lipinski definition) is 5. The van der Waals surface area contributed by atoms with Gasteiger partial charge in [0.25, 0.3) is 0 Å². The summed E-state index contributed by atoms with van der Waals surface area (Å²) in [6.07, 6.45) is 2.39. The van der Waals surface area contributed by atoms with Gasteiger partial charge >= 0.3 is 6.09 Å². The molecule has 0 aromatic heterocycles. The van der Waals surface area contributed by atoms with E-state index >= 15 is 0 Å². The third-order valence-electron chi connectivity index (χ3n) is 7.94. The molecule has 2 fully saturated rings. The van der Waals surface area contributed by atoms with Crippen molar-refractivity contribution in [3.8, 4) is 17.2 Å². The Labute approximate surface area is 223 Å². The molecule has 2 aromatic carbocycles. The second-order valence-electron chi connectivity index (χ2n) is 11.8. The summed E-state index contributed by atoms with van der Waals surface area (Å²) >= 11 is 0. The first-order chi connectivity index (χ1) is 18.0. The van der Waals surface area contributed by atoms with Crippen LogP contribution in [0.4, 0.5) is 10.5 Å². The van der Waals surface area contributed by atoms with Gasteiger partial charge < -0.3 is 15.0 Å². The van der Waals surface area contributed by atoms with Crippen LogP contribution in [0.3, 0.4) is 0 Å². The van der Waals surface area contributed by atoms with Gasteiger partial charge in [0, 0.05) is 25.7 Å². The number of likely N-dealkylation sites (N-methyl/N-ethyl adjacent to an activating group) is 1. The van der Waals surface area contributed by atoms with Crippen molar-refractivity contribution < 1.29 is 19.1 Å². The minimum Gasteiger partial charge on any atom is -0.444 e. The number of rotatable bonds is 5. The van der Waals surface area contributed by atoms with Crippen molar-refractivity contribution in [3.05, 3.63) is 53.6 Å². The van der Waals surface area contributed by atoms with Crippen LogP contribution in [0.2, 0.25) is 0 Å². The molecule has 0 radical (unpaired) electrons. The number of hydrogen-bond donors (Lipinski definition) is 1. The first kappa shape index (κ1) is 25.8. The molecular weight excluding hydrogens is 480 g/mol. The average molecular weight is 515 g/mol. The number of ether oxygens (including phenoxy) is 1. The Balaban J connectivity index is 1.26. The summed E-state index contributed by atoms with van der Waals surface area (Å²) in [5.74, 6) is 0.0957. The summed E-state index contributed by atoms with van der Waals surface area (Å²) in [5.41, 5.74) is 3.32. The molecule has 3 aliphatic rings. The van der Waals surface area contributed by atoms with Crippen LogP contribution in [-0.2, 0) is 27.2 Å². The molecule has 8 heteroatoms. The summed E-state index contributed by atoms with van der Waals surface area (Å²) in [6.45, 7) is 5.94. The fourth-order valence-corrected chi connectivity index (χ4v) is 5.97. The summed E-state index contributed by atoms with van der Waals surface area (Å²) in [4.78, 5) is 41.7. The molecule has 3 atom stereocenters. The van der Waals surface area contributed by atoms with E-state index in [0.29, 0.717) is 32.2 Å². The Kier molecular flexibility index (Phi) is 6.42. The molecule has 3 amide bonds. The van der Waals surface area contributed by atoms with Crippen LogP contribution in [0.25, 0.3) is 11.1 Å². The van der Waals surface area contributed by atoms with Gasteiger partial charge in [0.15, 0.2) is 0 Å². The normalized spacial score (nSPS) is 22.7. The number of nitrogens with zero attached hydrogens (tertiary/aromatic N) is 3. The molecule has 1 saturated carbocycles. The van der Waals surface area contributed by atoms with Gasteiger partial charge in [-0.05, 0) is 74.3 Å². The fraction of sp³-hybridized carbons (Fsp3) is 0.467. The number of anilines is 1. The molecule has 1 saturated heterocycles. The summed E-state index contributed by atoms with van der Waals surface area (Å²) in [6, 6.07) is 15.4. The van der Waals surface area contributed by atoms with Crippen molar-refractivity contribution in [2.24, 2.45) is 5.92 Å². The summed E-state index contributed by atoms with van der Waals surface area (Å²) in [7, 11) is 1.79. The molecular formula is C30H34N4O4. The highest BCUT2D eigenvalue weighted by atomic mass is 16.6. The zero-order valence-electron chi connectivity index (χ0n) is 22.4. The van der Waals surface area contributed by atoms with Crippen molar-refractivity contribution >= 4 is 23.6 Å². The van der Waals surface area contributed by atoms with Crippen LogP contribution >= 0.6 is 0 Å². The highest BCUT2D eigenvalue weighted by Crippen LogP contribution is 2.47. The van der Waals surface area contributed by atoms with E-state index in [-0.39, 0.29) is 17.7 Å². The third-order valence-corrected chi connectivity index (χ3v) is 7.94. The van der Waals surface area contributed by atoms with Crippen LogP contribution < -0.4 is 10.2 Å². The summed E-state index contributed by atoms with van der Waals surface area (Å²) in [5, 5.41) is 12.8. The number of nitriles is 1. The maximum atomic E-state index is 13.5. The minimum absolute atomic E-state index is 0.0941. The van der Waals surface area contributed by atoms with Crippen molar-refractivity contribution in [2.75, 3.05) is 18.5 Å². The number of carbonyl (C=O) groups is 3. The van der Waals surface area contributed by atoms with Crippen molar-refractivity contribution in [1.29, 1.82) is 5.26 Å². The zero-order valence-corrected chi connectivity index (χ0v) is 22.4. The van der Waals surface area contributed by atoms with Gasteiger partial charge in [-0.3, -0.25) is 14.5 Å². The number of fused-ring (bicyclic) bond motifs is 3. The molecule has 198 valence electrons. The average Bonchev–Trinajstić information content (AvgIpc) is 3.55. The van der Waals surface area contributed by atoms with Crippen LogP contribution in [0.5, 0.6) is 0 Å². The molecule has 38 heavy (non-hydrogen) atoms. The van der Waals surface area contributed by atoms with E-state index in [1.807, 2.05) is 63.2 Å². The third kappa shape index (κ3) is 4.73. The van der Waals surface area contributed by atoms with E-state index in [2.05, 4.69) is 11.4 Å². The number of nitrogens with one attached hydrogen (secondary N) is 1. The molecule has 0 spiro atoms. The van der Waals surface area contributed by atoms with Gasteiger partial charge in [-0.15, -0.1) is 0 Å². The number of carbonyl (C=O) groups excluding carboxylic acids is 3. The van der Waals surface area contributed by atoms with Gasteiger partial charge in [-0.1, -0.05) is 36.4 Å². The molecule has 2 heterocycles. The first-order valence-corrected chi connectivity index (χ1v) is 13.2. The van der Waals surface area contributed by atoms with E-state index < -0.39 is 23.3 Å². The maximum Gasteiger partial charge on any atom is 0.411 e. The SMILES string of the molecule is CN1C(=O)Cc2ccc(-c3ccc(C[C@@H](C#N)NC(=O)[C@@]45CC[C@@H](CN4C(=O)OC(C)(C)C)C5)cc3)cc21. The Morgan fingerprint density at radius 2 is 1.89 bits per heavy atom. The van der Waals surface area contributed by atoms with Crippen LogP contribution in [0.15, 0.2) is 42.5 Å². The van der Waals surface area contributed by atoms with Crippen LogP contribution in [0, 0.1) is 17.2 Å². The standard InChI is InChI=1S/C30H34N4O4/c1-29(2,3)38-28(37)34-18-20-11-12-30(34,16-20)27(36)32-24(17-31)13-19-5-7-21(8-6-19)22-9-10-23-15-26(35)33(4)25(23)14-22/h5-10,14,20,24H,11-13,15-16,18H2,1-4H3,(H,32,36)/t20-,24+,30+/m1/s1. The number of benzene rings is 2. The number of amides is 3. The largest absolute Gasteiger partial charge is 0.444 e. The number of piperidine rings is 1. The van der Waals surface area contributed by atoms with Crippen LogP contribution in [-0.4, -0.2) is 53.6 Å². The zero-order chi connectivity index (χ0) is 27.2. The molecule has 2 bridgehead atoms. The molecule has 8 nitrogen and oxygen atoms in total. The topological polar surface area (TPSA) is 103 Å². The first-order valence-electron chi connectivity index (χ1n) is 13.2. The van der Waals surface area contributed by atoms with E-state index in [4.69, 9.17) is 4.74 Å². The Morgan fingerprint density at radius 3 is 2.55 bits per heavy atom. The lowest BCUT2D eigenvalue weighted by Crippen LogP contribution is -2.59. The van der Waals surface area contributed by atoms with Crippen molar-refractivity contribution in [3.63, 3.8) is 0 Å². The van der Waals surface area contributed by atoms with E-state index in [1.54, 1.807) is 16.8 Å². The quantitative estimate of drug-likeness (QED) is 0.644. The molecule has 2 aromatic rings. The van der Waals surface area contributed by atoms with Gasteiger partial charge in [0.1, 0.15) is 17.2 Å². The highest BCUT2D eigenvalue weighted by molar-refractivity contribution is 6.01. The van der Waals surface area contributed by atoms with Gasteiger partial charge in [0.2, 0.25) is 11.8 Å². The van der Waals surface area contributed by atoms with E-state index in [1.165, 1.54) is 0 Å². The second-order valence-corrected chi connectivity index (χ2v) is 11.8. The number of likely N-dealkylation sites (tertiary alicyclic amines) is 1. The molecule has 2 aliphatic heterocycles. The van der Waals surface area contributed by atoms with E-state index in [0.717, 1.165) is 34.4 Å². The lowest BCUT2D eigenvalue weighted by Gasteiger charge is -2.38. The van der Waals surface area contributed by atoms with E-state index in [9.17, 15) is 19.6 Å². The van der Waals surface area contributed by atoms with Gasteiger partial charge in [-0.2, -0.15) is 5.26 Å². The summed E-state index contributed by atoms with van der Waals surface area (Å²) < 4.78 is 5.58. The Morgan fingerprint density at radius 1 is 1.18 bits per heavy atom. The van der Waals surface area contributed by atoms with Gasteiger partial charge in [-0.25, -0.2) is 4.79 Å². The molecule has 1 N–H and O–H groups in total. The predicted octanol–water partition coefficient (Wildman–Crippen LogP) is 4.21. The van der Waals surface area contributed by atoms with Crippen LogP contribution in [0.1, 0.15) is 51.2 Å². The lowest BCUT2D eigenvalue weighted by atomic mass is 9.94. The highest BCUT2D eigenvalue weighted by Gasteiger charge is 2.58. The van der Waals surface area contributed by atoms with Gasteiger partial charge in [0.05, 0.1) is 12.5 Å². The Bertz CT molecular complexity index is 1320. The predicted molar refractivity (Wildman–Crippen MR) is 143 cm³/mol. The van der Waals surface area contributed by atoms with Crippen molar-refractivity contribution in [2.45, 2.75) is 70.1 Å². The molecule has 1 aliphatic carbocycles. The van der Waals surface area contributed by atoms with Crippen molar-refractivity contribution in [1.82, 2.24) is 10.2 Å². The maximum absolute atomic E-state index is 13.5. The lowest BCUT2D eigenvalue weighted by molar-refractivity contribution is -0.132. The monoisotopic (exact) mass is 514 g/mol. The minimum atomic E-state index is -0.950. The second kappa shape index (κ2) is 9.46. The Hall–Kier alpha value is -3.86. The molecule has 0 unspecified atom stereocenters. The molecule has 5 rings (SSSR count). The fourth-order valence-electron chi connectivity index (χ4n) is 5.97. The smallest absolute Gasteiger partial charge is 0.411 e.